The van der Waals surface area contributed by atoms with E-state index in [0.29, 0.717) is 27.4 Å². The summed E-state index contributed by atoms with van der Waals surface area (Å²) in [4.78, 5) is 19.6. The molecular formula is C27H28ClN3O2. The number of nitrogens with zero attached hydrogens (tertiary/aromatic N) is 2. The van der Waals surface area contributed by atoms with Crippen LogP contribution in [0.2, 0.25) is 5.15 Å². The van der Waals surface area contributed by atoms with Crippen molar-refractivity contribution < 1.29 is 4.42 Å². The minimum absolute atomic E-state index is 0.00503. The van der Waals surface area contributed by atoms with Crippen molar-refractivity contribution in [1.82, 2.24) is 9.88 Å². The van der Waals surface area contributed by atoms with Gasteiger partial charge in [0.2, 0.25) is 0 Å². The number of fused-ring (bicyclic) bond motifs is 1. The zero-order valence-corrected chi connectivity index (χ0v) is 20.3. The van der Waals surface area contributed by atoms with Crippen LogP contribution in [0.5, 0.6) is 0 Å². The SMILES string of the molecule is Cc1cc(C(C)Nc2ccc(Cl)nc2)c2oc(-c3cccc(CN(C)C)c3)c(C)c(=O)c2c1. The van der Waals surface area contributed by atoms with Crippen LogP contribution in [0.25, 0.3) is 22.3 Å². The molecule has 33 heavy (non-hydrogen) atoms. The first-order chi connectivity index (χ1) is 15.7. The van der Waals surface area contributed by atoms with Crippen molar-refractivity contribution in [2.24, 2.45) is 0 Å². The predicted molar refractivity (Wildman–Crippen MR) is 136 cm³/mol. The van der Waals surface area contributed by atoms with Gasteiger partial charge < -0.3 is 14.6 Å². The second kappa shape index (κ2) is 9.38. The maximum Gasteiger partial charge on any atom is 0.196 e. The second-order valence-corrected chi connectivity index (χ2v) is 9.18. The highest BCUT2D eigenvalue weighted by Gasteiger charge is 2.19. The summed E-state index contributed by atoms with van der Waals surface area (Å²) in [5, 5.41) is 4.48. The summed E-state index contributed by atoms with van der Waals surface area (Å²) in [5.41, 5.74) is 6.04. The number of hydrogen-bond acceptors (Lipinski definition) is 5. The van der Waals surface area contributed by atoms with Gasteiger partial charge in [-0.15, -0.1) is 0 Å². The molecule has 1 N–H and O–H groups in total. The molecule has 1 unspecified atom stereocenters. The zero-order valence-electron chi connectivity index (χ0n) is 19.6. The Morgan fingerprint density at radius 3 is 2.61 bits per heavy atom. The molecule has 6 heteroatoms. The van der Waals surface area contributed by atoms with E-state index in [0.717, 1.165) is 34.5 Å². The lowest BCUT2D eigenvalue weighted by molar-refractivity contribution is 0.402. The molecule has 2 aromatic heterocycles. The summed E-state index contributed by atoms with van der Waals surface area (Å²) in [7, 11) is 4.07. The molecule has 0 fully saturated rings. The molecule has 5 nitrogen and oxygen atoms in total. The number of nitrogens with one attached hydrogen (secondary N) is 1. The van der Waals surface area contributed by atoms with Crippen molar-refractivity contribution >= 4 is 28.3 Å². The third kappa shape index (κ3) is 4.95. The van der Waals surface area contributed by atoms with Crippen molar-refractivity contribution in [3.8, 4) is 11.3 Å². The fraction of sp³-hybridized carbons (Fsp3) is 0.259. The Morgan fingerprint density at radius 1 is 1.12 bits per heavy atom. The number of halogens is 1. The van der Waals surface area contributed by atoms with Crippen molar-refractivity contribution in [2.45, 2.75) is 33.4 Å². The summed E-state index contributed by atoms with van der Waals surface area (Å²) >= 11 is 5.92. The first-order valence-electron chi connectivity index (χ1n) is 10.9. The van der Waals surface area contributed by atoms with Crippen molar-refractivity contribution in [3.05, 3.63) is 92.4 Å². The summed E-state index contributed by atoms with van der Waals surface area (Å²) in [6, 6.07) is 15.6. The number of hydrogen-bond donors (Lipinski definition) is 1. The molecule has 0 saturated carbocycles. The van der Waals surface area contributed by atoms with Crippen LogP contribution in [0, 0.1) is 13.8 Å². The molecule has 2 heterocycles. The smallest absolute Gasteiger partial charge is 0.196 e. The van der Waals surface area contributed by atoms with Gasteiger partial charge in [-0.1, -0.05) is 35.9 Å². The second-order valence-electron chi connectivity index (χ2n) is 8.79. The lowest BCUT2D eigenvalue weighted by atomic mass is 9.98. The van der Waals surface area contributed by atoms with Crippen LogP contribution < -0.4 is 10.7 Å². The van der Waals surface area contributed by atoms with Gasteiger partial charge in [-0.25, -0.2) is 4.98 Å². The van der Waals surface area contributed by atoms with Gasteiger partial charge in [-0.05, 0) is 70.3 Å². The predicted octanol–water partition coefficient (Wildman–Crippen LogP) is 6.36. The van der Waals surface area contributed by atoms with Gasteiger partial charge in [0.15, 0.2) is 5.43 Å². The number of pyridine rings is 1. The Balaban J connectivity index is 1.85. The van der Waals surface area contributed by atoms with Crippen LogP contribution >= 0.6 is 11.6 Å². The van der Waals surface area contributed by atoms with E-state index in [1.54, 1.807) is 12.3 Å². The summed E-state index contributed by atoms with van der Waals surface area (Å²) in [5.74, 6) is 0.610. The maximum atomic E-state index is 13.4. The molecular weight excluding hydrogens is 434 g/mol. The molecule has 2 aromatic carbocycles. The molecule has 0 aliphatic rings. The van der Waals surface area contributed by atoms with Gasteiger partial charge in [0.1, 0.15) is 16.5 Å². The van der Waals surface area contributed by atoms with Gasteiger partial charge in [-0.2, -0.15) is 0 Å². The Hall–Kier alpha value is -3.15. The van der Waals surface area contributed by atoms with E-state index in [1.165, 1.54) is 0 Å². The average Bonchev–Trinajstić information content (AvgIpc) is 2.77. The quantitative estimate of drug-likeness (QED) is 0.338. The minimum atomic E-state index is -0.117. The zero-order chi connectivity index (χ0) is 23.7. The molecule has 0 saturated heterocycles. The Bertz CT molecular complexity index is 1360. The summed E-state index contributed by atoms with van der Waals surface area (Å²) in [6.45, 7) is 6.68. The van der Waals surface area contributed by atoms with Crippen LogP contribution in [0.4, 0.5) is 5.69 Å². The van der Waals surface area contributed by atoms with E-state index in [-0.39, 0.29) is 11.5 Å². The Kier molecular flexibility index (Phi) is 6.54. The first-order valence-corrected chi connectivity index (χ1v) is 11.3. The molecule has 0 aliphatic carbocycles. The van der Waals surface area contributed by atoms with E-state index in [9.17, 15) is 4.79 Å². The molecule has 170 valence electrons. The molecule has 0 bridgehead atoms. The van der Waals surface area contributed by atoms with Gasteiger partial charge in [0.25, 0.3) is 0 Å². The maximum absolute atomic E-state index is 13.4. The van der Waals surface area contributed by atoms with Gasteiger partial charge in [0.05, 0.1) is 23.3 Å². The monoisotopic (exact) mass is 461 g/mol. The van der Waals surface area contributed by atoms with Crippen molar-refractivity contribution in [1.29, 1.82) is 0 Å². The molecule has 4 rings (SSSR count). The Labute approximate surface area is 199 Å². The fourth-order valence-corrected chi connectivity index (χ4v) is 4.24. The summed E-state index contributed by atoms with van der Waals surface area (Å²) in [6.07, 6.45) is 1.69. The van der Waals surface area contributed by atoms with Crippen molar-refractivity contribution in [2.75, 3.05) is 19.4 Å². The lowest BCUT2D eigenvalue weighted by Crippen LogP contribution is -2.13. The van der Waals surface area contributed by atoms with Crippen LogP contribution in [-0.2, 0) is 6.54 Å². The highest BCUT2D eigenvalue weighted by Crippen LogP contribution is 2.32. The standard InChI is InChI=1S/C27H28ClN3O2/c1-16-11-22(18(3)30-21-9-10-24(28)29-14-21)27-23(12-16)25(32)17(2)26(33-27)20-8-6-7-19(13-20)15-31(4)5/h6-14,18,30H,15H2,1-5H3. The molecule has 4 aromatic rings. The number of aryl methyl sites for hydroxylation is 1. The highest BCUT2D eigenvalue weighted by atomic mass is 35.5. The molecule has 0 amide bonds. The molecule has 0 spiro atoms. The van der Waals surface area contributed by atoms with Crippen molar-refractivity contribution in [3.63, 3.8) is 0 Å². The van der Waals surface area contributed by atoms with E-state index in [1.807, 2.05) is 59.1 Å². The Morgan fingerprint density at radius 2 is 1.91 bits per heavy atom. The molecule has 1 atom stereocenters. The van der Waals surface area contributed by atoms with Crippen LogP contribution in [0.1, 0.15) is 35.2 Å². The van der Waals surface area contributed by atoms with E-state index < -0.39 is 0 Å². The lowest BCUT2D eigenvalue weighted by Gasteiger charge is -2.19. The molecule has 0 radical (unpaired) electrons. The van der Waals surface area contributed by atoms with Crippen LogP contribution in [-0.4, -0.2) is 24.0 Å². The highest BCUT2D eigenvalue weighted by molar-refractivity contribution is 6.29. The van der Waals surface area contributed by atoms with Crippen LogP contribution in [0.15, 0.2) is 63.9 Å². The number of aromatic nitrogens is 1. The summed E-state index contributed by atoms with van der Waals surface area (Å²) < 4.78 is 6.49. The van der Waals surface area contributed by atoms with Gasteiger partial charge >= 0.3 is 0 Å². The topological polar surface area (TPSA) is 58.4 Å². The average molecular weight is 462 g/mol. The third-order valence-corrected chi connectivity index (χ3v) is 5.88. The van der Waals surface area contributed by atoms with E-state index >= 15 is 0 Å². The normalized spacial score (nSPS) is 12.3. The van der Waals surface area contributed by atoms with Gasteiger partial charge in [-0.3, -0.25) is 4.79 Å². The first kappa shape index (κ1) is 23.0. The fourth-order valence-electron chi connectivity index (χ4n) is 4.13. The third-order valence-electron chi connectivity index (χ3n) is 5.66. The van der Waals surface area contributed by atoms with Crippen LogP contribution in [0.3, 0.4) is 0 Å². The molecule has 0 aliphatic heterocycles. The van der Waals surface area contributed by atoms with E-state index in [2.05, 4.69) is 33.4 Å². The number of anilines is 1. The van der Waals surface area contributed by atoms with E-state index in [4.69, 9.17) is 16.0 Å². The number of benzene rings is 2. The minimum Gasteiger partial charge on any atom is -0.455 e. The largest absolute Gasteiger partial charge is 0.455 e. The number of rotatable bonds is 6. The van der Waals surface area contributed by atoms with Gasteiger partial charge in [0, 0.05) is 23.2 Å².